The molecule has 4 atom stereocenters. The molecule has 3 aliphatic rings. The summed E-state index contributed by atoms with van der Waals surface area (Å²) in [7, 11) is -1.90. The first kappa shape index (κ1) is 22.5. The van der Waals surface area contributed by atoms with Crippen LogP contribution in [0.5, 0.6) is 0 Å². The molecule has 3 fully saturated rings. The molecule has 1 saturated heterocycles. The van der Waals surface area contributed by atoms with E-state index < -0.39 is 14.1 Å². The summed E-state index contributed by atoms with van der Waals surface area (Å²) in [6.45, 7) is 16.4. The first-order valence-corrected chi connectivity index (χ1v) is 14.3. The fraction of sp³-hybridized carbons (Fsp3) is 0.957. The molecule has 0 N–H and O–H groups in total. The van der Waals surface area contributed by atoms with Gasteiger partial charge in [-0.1, -0.05) is 33.6 Å². The molecular formula is C23H42O4Si. The predicted molar refractivity (Wildman–Crippen MR) is 115 cm³/mol. The lowest BCUT2D eigenvalue weighted by atomic mass is 9.59. The van der Waals surface area contributed by atoms with E-state index >= 15 is 0 Å². The second-order valence-electron chi connectivity index (χ2n) is 11.5. The van der Waals surface area contributed by atoms with Gasteiger partial charge in [-0.2, -0.15) is 0 Å². The minimum Gasteiger partial charge on any atom is -0.413 e. The Morgan fingerprint density at radius 1 is 1.18 bits per heavy atom. The number of Topliss-reactive ketones (excluding diaryl/α,β-unsaturated/α-hetero) is 1. The van der Waals surface area contributed by atoms with Crippen molar-refractivity contribution in [3.63, 3.8) is 0 Å². The van der Waals surface area contributed by atoms with Crippen molar-refractivity contribution in [3.05, 3.63) is 0 Å². The summed E-state index contributed by atoms with van der Waals surface area (Å²) in [5, 5.41) is 0.190. The van der Waals surface area contributed by atoms with E-state index in [2.05, 4.69) is 33.9 Å². The number of rotatable bonds is 4. The molecule has 0 unspecified atom stereocenters. The molecule has 3 rings (SSSR count). The zero-order valence-corrected chi connectivity index (χ0v) is 20.2. The number of carbonyl (C=O) groups excluding carboxylic acids is 1. The van der Waals surface area contributed by atoms with E-state index in [0.717, 1.165) is 32.1 Å². The highest BCUT2D eigenvalue weighted by molar-refractivity contribution is 6.74. The van der Waals surface area contributed by atoms with Gasteiger partial charge in [0, 0.05) is 18.3 Å². The smallest absolute Gasteiger partial charge is 0.192 e. The van der Waals surface area contributed by atoms with Crippen molar-refractivity contribution in [2.24, 2.45) is 11.3 Å². The van der Waals surface area contributed by atoms with Crippen molar-refractivity contribution in [1.29, 1.82) is 0 Å². The van der Waals surface area contributed by atoms with Crippen molar-refractivity contribution in [3.8, 4) is 0 Å². The van der Waals surface area contributed by atoms with Crippen LogP contribution in [0.15, 0.2) is 0 Å². The molecule has 2 aliphatic carbocycles. The summed E-state index contributed by atoms with van der Waals surface area (Å²) in [6.07, 6.45) is 8.39. The number of fused-ring (bicyclic) bond motifs is 1. The molecule has 5 heteroatoms. The van der Waals surface area contributed by atoms with Crippen molar-refractivity contribution >= 4 is 14.1 Å². The highest BCUT2D eigenvalue weighted by Crippen LogP contribution is 2.55. The Balaban J connectivity index is 1.91. The van der Waals surface area contributed by atoms with Gasteiger partial charge in [0.25, 0.3) is 0 Å². The van der Waals surface area contributed by atoms with Crippen LogP contribution in [0, 0.1) is 11.3 Å². The summed E-state index contributed by atoms with van der Waals surface area (Å²) in [5.74, 6) is 0.373. The lowest BCUT2D eigenvalue weighted by molar-refractivity contribution is -0.152. The number of carbonyl (C=O) groups is 1. The molecule has 0 aromatic carbocycles. The van der Waals surface area contributed by atoms with E-state index in [4.69, 9.17) is 13.9 Å². The van der Waals surface area contributed by atoms with Gasteiger partial charge in [0.2, 0.25) is 0 Å². The number of ether oxygens (including phenoxy) is 2. The van der Waals surface area contributed by atoms with E-state index in [1.165, 1.54) is 12.8 Å². The van der Waals surface area contributed by atoms with Crippen molar-refractivity contribution in [2.45, 2.75) is 122 Å². The molecule has 0 bridgehead atoms. The zero-order valence-electron chi connectivity index (χ0n) is 19.2. The molecule has 4 nitrogen and oxygen atoms in total. The minimum atomic E-state index is -1.90. The van der Waals surface area contributed by atoms with Crippen LogP contribution in [-0.4, -0.2) is 38.7 Å². The van der Waals surface area contributed by atoms with Gasteiger partial charge in [0.1, 0.15) is 5.78 Å². The highest BCUT2D eigenvalue weighted by Gasteiger charge is 2.54. The first-order valence-electron chi connectivity index (χ1n) is 11.4. The fourth-order valence-corrected chi connectivity index (χ4v) is 6.79. The Morgan fingerprint density at radius 3 is 2.46 bits per heavy atom. The monoisotopic (exact) mass is 410 g/mol. The maximum absolute atomic E-state index is 12.4. The molecular weight excluding hydrogens is 368 g/mol. The molecule has 2 saturated carbocycles. The minimum absolute atomic E-state index is 0.0500. The molecule has 28 heavy (non-hydrogen) atoms. The molecule has 162 valence electrons. The Labute approximate surface area is 173 Å². The Hall–Kier alpha value is -0.233. The van der Waals surface area contributed by atoms with Crippen LogP contribution >= 0.6 is 0 Å². The standard InChI is InChI=1S/C23H42O4Si/c1-21(2,3)28(6,7)27-20-11-9-8-10-17-14-18(24)12-13-23(17,20)15-19-16-25-22(4,5)26-19/h17,19-20H,8-16H2,1-7H3/t17-,19+,20-,23+/m1/s1. The molecule has 0 spiro atoms. The number of hydrogen-bond acceptors (Lipinski definition) is 4. The van der Waals surface area contributed by atoms with E-state index in [9.17, 15) is 4.79 Å². The van der Waals surface area contributed by atoms with Crippen LogP contribution in [0.2, 0.25) is 18.1 Å². The van der Waals surface area contributed by atoms with Crippen LogP contribution < -0.4 is 0 Å². The average molecular weight is 411 g/mol. The van der Waals surface area contributed by atoms with Crippen LogP contribution in [0.25, 0.3) is 0 Å². The number of ketones is 1. The summed E-state index contributed by atoms with van der Waals surface area (Å²) in [6, 6.07) is 0. The Bertz CT molecular complexity index is 580. The largest absolute Gasteiger partial charge is 0.413 e. The van der Waals surface area contributed by atoms with Crippen LogP contribution in [0.1, 0.15) is 86.0 Å². The summed E-state index contributed by atoms with van der Waals surface area (Å²) < 4.78 is 19.3. The van der Waals surface area contributed by atoms with Gasteiger partial charge in [-0.05, 0) is 63.6 Å². The van der Waals surface area contributed by atoms with E-state index in [1.54, 1.807) is 0 Å². The van der Waals surface area contributed by atoms with Gasteiger partial charge in [-0.3, -0.25) is 4.79 Å². The maximum Gasteiger partial charge on any atom is 0.192 e. The van der Waals surface area contributed by atoms with Gasteiger partial charge >= 0.3 is 0 Å². The van der Waals surface area contributed by atoms with Crippen molar-refractivity contribution in [1.82, 2.24) is 0 Å². The quantitative estimate of drug-likeness (QED) is 0.545. The highest BCUT2D eigenvalue weighted by atomic mass is 28.4. The Kier molecular flexibility index (Phi) is 6.25. The fourth-order valence-electron chi connectivity index (χ4n) is 5.37. The summed E-state index contributed by atoms with van der Waals surface area (Å²) in [5.41, 5.74) is 0.0500. The van der Waals surface area contributed by atoms with Gasteiger partial charge in [0.15, 0.2) is 14.1 Å². The average Bonchev–Trinajstić information content (AvgIpc) is 2.80. The molecule has 1 heterocycles. The van der Waals surface area contributed by atoms with Crippen molar-refractivity contribution in [2.75, 3.05) is 6.61 Å². The predicted octanol–water partition coefficient (Wildman–Crippen LogP) is 5.85. The molecule has 1 aliphatic heterocycles. The third kappa shape index (κ3) is 4.58. The lowest BCUT2D eigenvalue weighted by Gasteiger charge is -2.52. The SMILES string of the molecule is CC1(C)OC[C@H](C[C@@]23CCC(=O)C[C@H]2CCCC[C@H]3O[Si](C)(C)C(C)(C)C)O1. The third-order valence-electron chi connectivity index (χ3n) is 7.98. The second-order valence-corrected chi connectivity index (χ2v) is 16.2. The van der Waals surface area contributed by atoms with Crippen LogP contribution in [-0.2, 0) is 18.7 Å². The molecule has 0 aromatic rings. The summed E-state index contributed by atoms with van der Waals surface area (Å²) >= 11 is 0. The van der Waals surface area contributed by atoms with E-state index in [-0.39, 0.29) is 22.7 Å². The molecule has 0 amide bonds. The normalized spacial score (nSPS) is 36.8. The van der Waals surface area contributed by atoms with Crippen LogP contribution in [0.4, 0.5) is 0 Å². The van der Waals surface area contributed by atoms with Gasteiger partial charge < -0.3 is 13.9 Å². The topological polar surface area (TPSA) is 44.8 Å². The first-order chi connectivity index (χ1) is 12.8. The van der Waals surface area contributed by atoms with Crippen molar-refractivity contribution < 1.29 is 18.7 Å². The molecule has 0 aromatic heterocycles. The maximum atomic E-state index is 12.4. The third-order valence-corrected chi connectivity index (χ3v) is 12.5. The van der Waals surface area contributed by atoms with E-state index in [1.807, 2.05) is 13.8 Å². The summed E-state index contributed by atoms with van der Waals surface area (Å²) in [4.78, 5) is 12.4. The Morgan fingerprint density at radius 2 is 1.86 bits per heavy atom. The number of hydrogen-bond donors (Lipinski definition) is 0. The van der Waals surface area contributed by atoms with Gasteiger partial charge in [0.05, 0.1) is 18.8 Å². The van der Waals surface area contributed by atoms with Crippen LogP contribution in [0.3, 0.4) is 0 Å². The van der Waals surface area contributed by atoms with Gasteiger partial charge in [-0.25, -0.2) is 0 Å². The molecule has 0 radical (unpaired) electrons. The second kappa shape index (κ2) is 7.79. The zero-order chi connectivity index (χ0) is 20.8. The van der Waals surface area contributed by atoms with Gasteiger partial charge in [-0.15, -0.1) is 0 Å². The van der Waals surface area contributed by atoms with E-state index in [0.29, 0.717) is 24.7 Å². The lowest BCUT2D eigenvalue weighted by Crippen LogP contribution is -2.54.